The summed E-state index contributed by atoms with van der Waals surface area (Å²) in [5, 5.41) is 3.68. The van der Waals surface area contributed by atoms with E-state index in [1.54, 1.807) is 0 Å². The van der Waals surface area contributed by atoms with Crippen LogP contribution in [0.5, 0.6) is 0 Å². The molecule has 1 N–H and O–H groups in total. The fraction of sp³-hybridized carbons (Fsp3) is 0.720. The fourth-order valence-corrected chi connectivity index (χ4v) is 5.80. The van der Waals surface area contributed by atoms with Gasteiger partial charge in [0.25, 0.3) is 0 Å². The lowest BCUT2D eigenvalue weighted by Gasteiger charge is -2.48. The normalized spacial score (nSPS) is 28.5. The summed E-state index contributed by atoms with van der Waals surface area (Å²) in [5.41, 5.74) is 1.44. The minimum absolute atomic E-state index is 0. The van der Waals surface area contributed by atoms with Crippen LogP contribution in [0.25, 0.3) is 0 Å². The molecule has 3 saturated heterocycles. The van der Waals surface area contributed by atoms with Gasteiger partial charge in [0.2, 0.25) is 0 Å². The molecule has 0 radical (unpaired) electrons. The topological polar surface area (TPSA) is 43.3 Å². The first kappa shape index (κ1) is 25.7. The lowest BCUT2D eigenvalue weighted by atomic mass is 9.83. The van der Waals surface area contributed by atoms with Crippen LogP contribution in [0, 0.1) is 5.92 Å². The molecule has 4 rings (SSSR count). The predicted octanol–water partition coefficient (Wildman–Crippen LogP) is 3.28. The molecule has 0 aliphatic carbocycles. The van der Waals surface area contributed by atoms with E-state index in [1.165, 1.54) is 31.4 Å². The molecule has 1 aromatic carbocycles. The highest BCUT2D eigenvalue weighted by atomic mass is 127. The summed E-state index contributed by atoms with van der Waals surface area (Å²) in [6, 6.07) is 12.6. The van der Waals surface area contributed by atoms with Gasteiger partial charge in [-0.25, -0.2) is 0 Å². The second kappa shape index (κ2) is 12.5. The molecule has 3 fully saturated rings. The fourth-order valence-electron chi connectivity index (χ4n) is 5.80. The summed E-state index contributed by atoms with van der Waals surface area (Å²) in [6.07, 6.45) is 3.87. The van der Waals surface area contributed by atoms with Gasteiger partial charge in [0.05, 0.1) is 13.2 Å². The lowest BCUT2D eigenvalue weighted by Crippen LogP contribution is -2.58. The number of halogens is 1. The summed E-state index contributed by atoms with van der Waals surface area (Å²) >= 11 is 0. The van der Waals surface area contributed by atoms with Crippen molar-refractivity contribution in [1.29, 1.82) is 0 Å². The van der Waals surface area contributed by atoms with Gasteiger partial charge in [-0.1, -0.05) is 30.3 Å². The number of ether oxygens (including phenoxy) is 1. The number of benzene rings is 1. The molecule has 0 bridgehead atoms. The van der Waals surface area contributed by atoms with Crippen molar-refractivity contribution >= 4 is 29.9 Å². The zero-order valence-corrected chi connectivity index (χ0v) is 22.4. The highest BCUT2D eigenvalue weighted by molar-refractivity contribution is 14.0. The number of fused-ring (bicyclic) bond motifs is 1. The molecular formula is C25H42IN5O. The van der Waals surface area contributed by atoms with Gasteiger partial charge in [-0.15, -0.1) is 24.0 Å². The second-order valence-electron chi connectivity index (χ2n) is 9.60. The number of hydrogen-bond donors (Lipinski definition) is 1. The van der Waals surface area contributed by atoms with Gasteiger partial charge in [0.1, 0.15) is 0 Å². The molecule has 0 amide bonds. The average molecular weight is 556 g/mol. The van der Waals surface area contributed by atoms with Gasteiger partial charge < -0.3 is 15.0 Å². The van der Waals surface area contributed by atoms with Crippen LogP contribution < -0.4 is 5.32 Å². The Morgan fingerprint density at radius 1 is 1.19 bits per heavy atom. The molecule has 32 heavy (non-hydrogen) atoms. The molecule has 0 spiro atoms. The number of nitrogens with one attached hydrogen (secondary N) is 1. The van der Waals surface area contributed by atoms with E-state index >= 15 is 0 Å². The van der Waals surface area contributed by atoms with Gasteiger partial charge in [0.15, 0.2) is 5.96 Å². The Kier molecular flexibility index (Phi) is 10.1. The largest absolute Gasteiger partial charge is 0.379 e. The number of piperidine rings is 2. The average Bonchev–Trinajstić information content (AvgIpc) is 2.80. The Balaban J connectivity index is 0.00000289. The molecule has 0 aromatic heterocycles. The number of guanidine groups is 1. The van der Waals surface area contributed by atoms with E-state index in [1.807, 2.05) is 7.05 Å². The van der Waals surface area contributed by atoms with Crippen molar-refractivity contribution in [3.05, 3.63) is 35.9 Å². The molecule has 3 heterocycles. The van der Waals surface area contributed by atoms with Crippen LogP contribution in [0.1, 0.15) is 38.7 Å². The van der Waals surface area contributed by atoms with E-state index in [0.29, 0.717) is 18.1 Å². The van der Waals surface area contributed by atoms with Crippen LogP contribution in [-0.4, -0.2) is 91.8 Å². The highest BCUT2D eigenvalue weighted by Gasteiger charge is 2.36. The summed E-state index contributed by atoms with van der Waals surface area (Å²) in [7, 11) is 1.93. The molecule has 4 atom stereocenters. The minimum Gasteiger partial charge on any atom is -0.379 e. The number of morpholine rings is 1. The Morgan fingerprint density at radius 3 is 2.75 bits per heavy atom. The molecule has 3 aliphatic rings. The first-order chi connectivity index (χ1) is 15.2. The van der Waals surface area contributed by atoms with Gasteiger partial charge >= 0.3 is 0 Å². The van der Waals surface area contributed by atoms with Gasteiger partial charge in [-0.3, -0.25) is 14.8 Å². The zero-order valence-electron chi connectivity index (χ0n) is 20.1. The van der Waals surface area contributed by atoms with Crippen LogP contribution in [-0.2, 0) is 11.3 Å². The summed E-state index contributed by atoms with van der Waals surface area (Å²) < 4.78 is 5.60. The molecule has 1 aromatic rings. The number of aliphatic imine (C=N–C) groups is 1. The summed E-state index contributed by atoms with van der Waals surface area (Å²) in [5.74, 6) is 1.81. The Hall–Kier alpha value is -0.900. The van der Waals surface area contributed by atoms with E-state index in [4.69, 9.17) is 4.74 Å². The van der Waals surface area contributed by atoms with Crippen molar-refractivity contribution in [3.63, 3.8) is 0 Å². The van der Waals surface area contributed by atoms with Crippen LogP contribution in [0.15, 0.2) is 35.3 Å². The van der Waals surface area contributed by atoms with Crippen LogP contribution in [0.3, 0.4) is 0 Å². The predicted molar refractivity (Wildman–Crippen MR) is 143 cm³/mol. The molecule has 180 valence electrons. The maximum Gasteiger partial charge on any atom is 0.193 e. The van der Waals surface area contributed by atoms with Crippen LogP contribution >= 0.6 is 24.0 Å². The number of likely N-dealkylation sites (tertiary alicyclic amines) is 2. The number of rotatable bonds is 5. The van der Waals surface area contributed by atoms with Crippen LogP contribution in [0.2, 0.25) is 0 Å². The maximum absolute atomic E-state index is 5.60. The van der Waals surface area contributed by atoms with E-state index in [-0.39, 0.29) is 24.0 Å². The number of hydrogen-bond acceptors (Lipinski definition) is 4. The van der Waals surface area contributed by atoms with E-state index < -0.39 is 0 Å². The van der Waals surface area contributed by atoms with Crippen LogP contribution in [0.4, 0.5) is 0 Å². The molecule has 7 heteroatoms. The number of nitrogens with zero attached hydrogens (tertiary/aromatic N) is 4. The molecule has 3 aliphatic heterocycles. The van der Waals surface area contributed by atoms with E-state index in [2.05, 4.69) is 69.2 Å². The second-order valence-corrected chi connectivity index (χ2v) is 9.60. The third-order valence-electron chi connectivity index (χ3n) is 7.46. The van der Waals surface area contributed by atoms with Crippen molar-refractivity contribution in [2.24, 2.45) is 10.9 Å². The highest BCUT2D eigenvalue weighted by Crippen LogP contribution is 2.31. The van der Waals surface area contributed by atoms with Crippen molar-refractivity contribution in [2.45, 2.75) is 57.8 Å². The van der Waals surface area contributed by atoms with Crippen molar-refractivity contribution in [1.82, 2.24) is 20.0 Å². The molecular weight excluding hydrogens is 513 g/mol. The quantitative estimate of drug-likeness (QED) is 0.344. The Labute approximate surface area is 211 Å². The van der Waals surface area contributed by atoms with Crippen molar-refractivity contribution < 1.29 is 4.74 Å². The van der Waals surface area contributed by atoms with E-state index in [9.17, 15) is 0 Å². The van der Waals surface area contributed by atoms with Gasteiger partial charge in [0, 0.05) is 57.9 Å². The maximum atomic E-state index is 5.60. The molecule has 0 saturated carbocycles. The Bertz CT molecular complexity index is 718. The first-order valence-electron chi connectivity index (χ1n) is 12.2. The van der Waals surface area contributed by atoms with Gasteiger partial charge in [-0.05, 0) is 51.1 Å². The lowest BCUT2D eigenvalue weighted by molar-refractivity contribution is -0.0176. The monoisotopic (exact) mass is 555 g/mol. The van der Waals surface area contributed by atoms with Gasteiger partial charge in [-0.2, -0.15) is 0 Å². The third-order valence-corrected chi connectivity index (χ3v) is 7.46. The minimum atomic E-state index is 0. The van der Waals surface area contributed by atoms with Crippen molar-refractivity contribution in [2.75, 3.05) is 53.0 Å². The summed E-state index contributed by atoms with van der Waals surface area (Å²) in [6.45, 7) is 12.8. The standard InChI is InChI=1S/C25H41N5O.HI/c1-20(30-14-15-31-19-21(30)2)16-27-25(26-3)29-13-11-24-23(18-29)10-7-12-28(24)17-22-8-5-4-6-9-22;/h4-6,8-9,20-21,23-24H,7,10-19H2,1-3H3,(H,26,27);1H. The molecule has 4 unspecified atom stereocenters. The van der Waals surface area contributed by atoms with E-state index in [0.717, 1.165) is 57.8 Å². The zero-order chi connectivity index (χ0) is 21.6. The first-order valence-corrected chi connectivity index (χ1v) is 12.2. The Morgan fingerprint density at radius 2 is 2.00 bits per heavy atom. The van der Waals surface area contributed by atoms with Crippen molar-refractivity contribution in [3.8, 4) is 0 Å². The SMILES string of the molecule is CN=C(NCC(C)N1CCOCC1C)N1CCC2C(CCCN2Cc2ccccc2)C1.I. The summed E-state index contributed by atoms with van der Waals surface area (Å²) in [4.78, 5) is 12.4. The molecule has 6 nitrogen and oxygen atoms in total. The third kappa shape index (κ3) is 6.36. The smallest absolute Gasteiger partial charge is 0.193 e.